The quantitative estimate of drug-likeness (QED) is 0.890. The molecule has 0 bridgehead atoms. The third-order valence-electron chi connectivity index (χ3n) is 3.82. The smallest absolute Gasteiger partial charge is 0.184 e. The Balaban J connectivity index is 1.55. The van der Waals surface area contributed by atoms with Crippen molar-refractivity contribution in [2.24, 2.45) is 0 Å². The van der Waals surface area contributed by atoms with E-state index in [9.17, 15) is 5.11 Å². The molecule has 0 amide bonds. The fourth-order valence-electron chi connectivity index (χ4n) is 2.59. The summed E-state index contributed by atoms with van der Waals surface area (Å²) in [5.41, 5.74) is 2.18. The summed E-state index contributed by atoms with van der Waals surface area (Å²) in [4.78, 5) is 0. The van der Waals surface area contributed by atoms with Crippen LogP contribution in [0.4, 0.5) is 0 Å². The molecule has 0 aromatic heterocycles. The second kappa shape index (κ2) is 8.22. The summed E-state index contributed by atoms with van der Waals surface area (Å²) < 4.78 is 17.4. The van der Waals surface area contributed by atoms with Crippen molar-refractivity contribution in [3.8, 4) is 0 Å². The van der Waals surface area contributed by atoms with Gasteiger partial charge in [-0.2, -0.15) is 0 Å². The number of ether oxygens (including phenoxy) is 3. The molecule has 1 heterocycles. The predicted octanol–water partition coefficient (Wildman–Crippen LogP) is 2.90. The van der Waals surface area contributed by atoms with Crippen LogP contribution in [0, 0.1) is 0 Å². The Morgan fingerprint density at radius 3 is 2.04 bits per heavy atom. The van der Waals surface area contributed by atoms with Gasteiger partial charge in [-0.05, 0) is 11.1 Å². The lowest BCUT2D eigenvalue weighted by Gasteiger charge is -2.34. The molecule has 3 atom stereocenters. The number of rotatable bonds is 6. The summed E-state index contributed by atoms with van der Waals surface area (Å²) >= 11 is 0. The van der Waals surface area contributed by atoms with Crippen LogP contribution < -0.4 is 0 Å². The minimum Gasteiger partial charge on any atom is -0.391 e. The molecule has 0 saturated carbocycles. The fraction of sp³-hybridized carbons (Fsp3) is 0.368. The molecule has 1 fully saturated rings. The summed E-state index contributed by atoms with van der Waals surface area (Å²) in [6.07, 6.45) is -0.718. The van der Waals surface area contributed by atoms with Crippen LogP contribution in [-0.2, 0) is 27.4 Å². The summed E-state index contributed by atoms with van der Waals surface area (Å²) in [5, 5.41) is 9.82. The van der Waals surface area contributed by atoms with E-state index in [2.05, 4.69) is 0 Å². The van der Waals surface area contributed by atoms with Crippen LogP contribution in [-0.4, -0.2) is 30.2 Å². The maximum absolute atomic E-state index is 9.82. The highest BCUT2D eigenvalue weighted by Gasteiger charge is 2.32. The Kier molecular flexibility index (Phi) is 5.77. The molecule has 3 rings (SSSR count). The number of aliphatic hydroxyl groups is 1. The van der Waals surface area contributed by atoms with Crippen molar-refractivity contribution >= 4 is 0 Å². The van der Waals surface area contributed by atoms with E-state index in [1.807, 2.05) is 60.7 Å². The Morgan fingerprint density at radius 2 is 1.43 bits per heavy atom. The Morgan fingerprint density at radius 1 is 0.870 bits per heavy atom. The van der Waals surface area contributed by atoms with Gasteiger partial charge in [0.2, 0.25) is 0 Å². The van der Waals surface area contributed by atoms with E-state index in [0.29, 0.717) is 19.6 Å². The zero-order valence-electron chi connectivity index (χ0n) is 13.0. The maximum Gasteiger partial charge on any atom is 0.184 e. The Hall–Kier alpha value is -1.72. The Bertz CT molecular complexity index is 572. The SMILES string of the molecule is O[C@@H]1CO[C@@H](OCc2ccccc2)[C@@H](OCc2ccccc2)C1. The van der Waals surface area contributed by atoms with Crippen molar-refractivity contribution in [3.05, 3.63) is 71.8 Å². The minimum atomic E-state index is -0.507. The molecule has 122 valence electrons. The van der Waals surface area contributed by atoms with E-state index in [0.717, 1.165) is 11.1 Å². The second-order valence-electron chi connectivity index (χ2n) is 5.72. The molecule has 1 aliphatic rings. The van der Waals surface area contributed by atoms with Gasteiger partial charge in [0.1, 0.15) is 6.10 Å². The molecule has 1 saturated heterocycles. The first-order valence-electron chi connectivity index (χ1n) is 7.92. The van der Waals surface area contributed by atoms with E-state index in [1.165, 1.54) is 0 Å². The lowest BCUT2D eigenvalue weighted by Crippen LogP contribution is -2.44. The lowest BCUT2D eigenvalue weighted by atomic mass is 10.1. The van der Waals surface area contributed by atoms with Gasteiger partial charge in [0.05, 0.1) is 25.9 Å². The van der Waals surface area contributed by atoms with Crippen molar-refractivity contribution in [2.45, 2.75) is 38.1 Å². The van der Waals surface area contributed by atoms with E-state index in [4.69, 9.17) is 14.2 Å². The molecule has 4 heteroatoms. The van der Waals surface area contributed by atoms with Gasteiger partial charge < -0.3 is 19.3 Å². The molecule has 2 aromatic rings. The summed E-state index contributed by atoms with van der Waals surface area (Å²) in [6.45, 7) is 1.23. The average molecular weight is 314 g/mol. The third kappa shape index (κ3) is 4.88. The summed E-state index contributed by atoms with van der Waals surface area (Å²) in [5.74, 6) is 0. The van der Waals surface area contributed by atoms with E-state index >= 15 is 0 Å². The van der Waals surface area contributed by atoms with Crippen molar-refractivity contribution in [2.75, 3.05) is 6.61 Å². The van der Waals surface area contributed by atoms with Crippen molar-refractivity contribution in [1.82, 2.24) is 0 Å². The lowest BCUT2D eigenvalue weighted by molar-refractivity contribution is -0.254. The standard InChI is InChI=1S/C19H22O4/c20-17-11-18(21-12-15-7-3-1-4-8-15)19(23-14-17)22-13-16-9-5-2-6-10-16/h1-10,17-20H,11-14H2/t17-,18-,19+/m0/s1. The first kappa shape index (κ1) is 16.1. The molecule has 0 radical (unpaired) electrons. The van der Waals surface area contributed by atoms with Gasteiger partial charge in [-0.25, -0.2) is 0 Å². The van der Waals surface area contributed by atoms with Crippen molar-refractivity contribution < 1.29 is 19.3 Å². The monoisotopic (exact) mass is 314 g/mol. The predicted molar refractivity (Wildman–Crippen MR) is 86.6 cm³/mol. The summed E-state index contributed by atoms with van der Waals surface area (Å²) in [7, 11) is 0. The number of aliphatic hydroxyl groups excluding tert-OH is 1. The third-order valence-corrected chi connectivity index (χ3v) is 3.82. The molecule has 23 heavy (non-hydrogen) atoms. The number of hydrogen-bond acceptors (Lipinski definition) is 4. The second-order valence-corrected chi connectivity index (χ2v) is 5.72. The highest BCUT2D eigenvalue weighted by Crippen LogP contribution is 2.21. The molecule has 4 nitrogen and oxygen atoms in total. The van der Waals surface area contributed by atoms with E-state index in [-0.39, 0.29) is 12.7 Å². The summed E-state index contributed by atoms with van der Waals surface area (Å²) in [6, 6.07) is 19.9. The van der Waals surface area contributed by atoms with Gasteiger partial charge in [-0.1, -0.05) is 60.7 Å². The Labute approximate surface area is 136 Å². The van der Waals surface area contributed by atoms with Crippen LogP contribution in [0.25, 0.3) is 0 Å². The van der Waals surface area contributed by atoms with Gasteiger partial charge in [0.25, 0.3) is 0 Å². The molecular weight excluding hydrogens is 292 g/mol. The van der Waals surface area contributed by atoms with Crippen LogP contribution in [0.1, 0.15) is 17.5 Å². The van der Waals surface area contributed by atoms with Gasteiger partial charge in [-0.3, -0.25) is 0 Å². The molecule has 0 aliphatic carbocycles. The highest BCUT2D eigenvalue weighted by atomic mass is 16.7. The van der Waals surface area contributed by atoms with Crippen LogP contribution in [0.3, 0.4) is 0 Å². The zero-order chi connectivity index (χ0) is 15.9. The first-order valence-corrected chi connectivity index (χ1v) is 7.92. The van der Waals surface area contributed by atoms with E-state index in [1.54, 1.807) is 0 Å². The fourth-order valence-corrected chi connectivity index (χ4v) is 2.59. The van der Waals surface area contributed by atoms with Gasteiger partial charge in [0.15, 0.2) is 6.29 Å². The first-order chi connectivity index (χ1) is 11.3. The molecular formula is C19H22O4. The normalized spacial score (nSPS) is 24.5. The van der Waals surface area contributed by atoms with Crippen molar-refractivity contribution in [3.63, 3.8) is 0 Å². The molecule has 0 spiro atoms. The van der Waals surface area contributed by atoms with Crippen LogP contribution in [0.5, 0.6) is 0 Å². The number of hydrogen-bond donors (Lipinski definition) is 1. The van der Waals surface area contributed by atoms with Crippen LogP contribution >= 0.6 is 0 Å². The molecule has 1 aliphatic heterocycles. The molecule has 0 unspecified atom stereocenters. The number of benzene rings is 2. The van der Waals surface area contributed by atoms with Crippen molar-refractivity contribution in [1.29, 1.82) is 0 Å². The van der Waals surface area contributed by atoms with Gasteiger partial charge >= 0.3 is 0 Å². The van der Waals surface area contributed by atoms with Gasteiger partial charge in [-0.15, -0.1) is 0 Å². The maximum atomic E-state index is 9.82. The topological polar surface area (TPSA) is 47.9 Å². The average Bonchev–Trinajstić information content (AvgIpc) is 2.61. The molecule has 2 aromatic carbocycles. The van der Waals surface area contributed by atoms with E-state index < -0.39 is 12.4 Å². The molecule has 1 N–H and O–H groups in total. The van der Waals surface area contributed by atoms with Gasteiger partial charge in [0, 0.05) is 6.42 Å². The van der Waals surface area contributed by atoms with Crippen LogP contribution in [0.15, 0.2) is 60.7 Å². The highest BCUT2D eigenvalue weighted by molar-refractivity contribution is 5.14. The minimum absolute atomic E-state index is 0.275. The van der Waals surface area contributed by atoms with Crippen LogP contribution in [0.2, 0.25) is 0 Å². The largest absolute Gasteiger partial charge is 0.391 e. The zero-order valence-corrected chi connectivity index (χ0v) is 13.0.